The summed E-state index contributed by atoms with van der Waals surface area (Å²) in [7, 11) is -7.83. The van der Waals surface area contributed by atoms with Gasteiger partial charge in [0.2, 0.25) is 0 Å². The molecule has 0 aliphatic rings. The van der Waals surface area contributed by atoms with Gasteiger partial charge in [-0.3, -0.25) is 0 Å². The van der Waals surface area contributed by atoms with Crippen molar-refractivity contribution in [2.75, 3.05) is 6.26 Å². The van der Waals surface area contributed by atoms with E-state index in [1.807, 2.05) is 30.3 Å². The molecule has 0 amide bonds. The van der Waals surface area contributed by atoms with E-state index in [1.54, 1.807) is 31.2 Å². The molecular formula is C21H20O5S2. The predicted molar refractivity (Wildman–Crippen MR) is 109 cm³/mol. The van der Waals surface area contributed by atoms with Crippen molar-refractivity contribution >= 4 is 20.0 Å². The Morgan fingerprint density at radius 1 is 0.750 bits per heavy atom. The van der Waals surface area contributed by atoms with Crippen molar-refractivity contribution in [2.45, 2.75) is 23.6 Å². The maximum Gasteiger partial charge on any atom is 0.339 e. The Labute approximate surface area is 165 Å². The molecule has 0 atom stereocenters. The molecule has 28 heavy (non-hydrogen) atoms. The third-order valence-corrected chi connectivity index (χ3v) is 6.88. The Morgan fingerprint density at radius 2 is 1.32 bits per heavy atom. The molecule has 0 aromatic heterocycles. The van der Waals surface area contributed by atoms with Crippen LogP contribution in [-0.4, -0.2) is 23.1 Å². The van der Waals surface area contributed by atoms with E-state index < -0.39 is 20.0 Å². The first-order valence-electron chi connectivity index (χ1n) is 8.50. The van der Waals surface area contributed by atoms with E-state index in [1.165, 1.54) is 19.1 Å². The summed E-state index contributed by atoms with van der Waals surface area (Å²) in [5.41, 5.74) is 2.10. The fraction of sp³-hybridized carbons (Fsp3) is 0.143. The van der Waals surface area contributed by atoms with E-state index in [2.05, 4.69) is 0 Å². The van der Waals surface area contributed by atoms with Gasteiger partial charge in [0, 0.05) is 11.8 Å². The average Bonchev–Trinajstić information content (AvgIpc) is 2.63. The first-order valence-corrected chi connectivity index (χ1v) is 11.8. The minimum atomic E-state index is -4.24. The zero-order valence-electron chi connectivity index (χ0n) is 15.7. The van der Waals surface area contributed by atoms with E-state index >= 15 is 0 Å². The number of hydrogen-bond acceptors (Lipinski definition) is 5. The van der Waals surface area contributed by atoms with Gasteiger partial charge >= 0.3 is 10.1 Å². The quantitative estimate of drug-likeness (QED) is 0.584. The molecule has 0 bridgehead atoms. The van der Waals surface area contributed by atoms with Gasteiger partial charge in [0.25, 0.3) is 0 Å². The molecule has 0 fully saturated rings. The van der Waals surface area contributed by atoms with E-state index in [0.29, 0.717) is 11.1 Å². The smallest absolute Gasteiger partial charge is 0.339 e. The number of benzene rings is 3. The van der Waals surface area contributed by atoms with Gasteiger partial charge in [0.1, 0.15) is 4.90 Å². The Bertz CT molecular complexity index is 1230. The molecule has 0 unspecified atom stereocenters. The molecule has 0 radical (unpaired) electrons. The Balaban J connectivity index is 2.12. The molecule has 5 nitrogen and oxygen atoms in total. The van der Waals surface area contributed by atoms with Crippen molar-refractivity contribution in [3.63, 3.8) is 0 Å². The molecule has 146 valence electrons. The van der Waals surface area contributed by atoms with Gasteiger partial charge in [-0.15, -0.1) is 0 Å². The molecule has 0 spiro atoms. The second-order valence-electron chi connectivity index (χ2n) is 6.56. The van der Waals surface area contributed by atoms with Crippen LogP contribution < -0.4 is 4.18 Å². The van der Waals surface area contributed by atoms with Gasteiger partial charge in [0.05, 0.1) is 4.90 Å². The highest BCUT2D eigenvalue weighted by Gasteiger charge is 2.25. The van der Waals surface area contributed by atoms with Gasteiger partial charge in [-0.25, -0.2) is 8.42 Å². The summed E-state index contributed by atoms with van der Waals surface area (Å²) in [4.78, 5) is -0.179. The molecule has 3 aromatic rings. The summed E-state index contributed by atoms with van der Waals surface area (Å²) in [5, 5.41) is 0. The molecule has 0 N–H and O–H groups in total. The van der Waals surface area contributed by atoms with Crippen molar-refractivity contribution in [3.05, 3.63) is 77.9 Å². The Hall–Kier alpha value is -2.64. The molecule has 0 aliphatic carbocycles. The standard InChI is InChI=1S/C21H20O5S2/c1-15-13-20(27(3,22)23)16(2)21(14-15)28(24,25)26-19-12-8-7-11-18(19)17-9-5-4-6-10-17/h4-14H,1-3H3. The van der Waals surface area contributed by atoms with Crippen LogP contribution in [0.15, 0.2) is 76.5 Å². The summed E-state index contributed by atoms with van der Waals surface area (Å²) >= 11 is 0. The summed E-state index contributed by atoms with van der Waals surface area (Å²) in [6.07, 6.45) is 1.05. The summed E-state index contributed by atoms with van der Waals surface area (Å²) in [5.74, 6) is 0.176. The third kappa shape index (κ3) is 4.10. The zero-order chi connectivity index (χ0) is 20.5. The minimum absolute atomic E-state index is 0.0222. The molecule has 0 saturated carbocycles. The van der Waals surface area contributed by atoms with Crippen LogP contribution in [0.3, 0.4) is 0 Å². The maximum atomic E-state index is 13.0. The van der Waals surface area contributed by atoms with Crippen LogP contribution in [0.5, 0.6) is 5.75 Å². The predicted octanol–water partition coefficient (Wildman–Crippen LogP) is 4.14. The fourth-order valence-electron chi connectivity index (χ4n) is 3.00. The summed E-state index contributed by atoms with van der Waals surface area (Å²) in [6, 6.07) is 19.0. The van der Waals surface area contributed by atoms with Crippen molar-refractivity contribution in [1.82, 2.24) is 0 Å². The topological polar surface area (TPSA) is 77.5 Å². The van der Waals surface area contributed by atoms with Crippen LogP contribution in [0, 0.1) is 13.8 Å². The van der Waals surface area contributed by atoms with Crippen LogP contribution in [-0.2, 0) is 20.0 Å². The van der Waals surface area contributed by atoms with E-state index in [-0.39, 0.29) is 21.1 Å². The zero-order valence-corrected chi connectivity index (χ0v) is 17.3. The second-order valence-corrected chi connectivity index (χ2v) is 10.1. The first kappa shape index (κ1) is 20.1. The average molecular weight is 417 g/mol. The van der Waals surface area contributed by atoms with Crippen molar-refractivity contribution < 1.29 is 21.0 Å². The Morgan fingerprint density at radius 3 is 1.96 bits per heavy atom. The lowest BCUT2D eigenvalue weighted by atomic mass is 10.1. The number of hydrogen-bond donors (Lipinski definition) is 0. The summed E-state index contributed by atoms with van der Waals surface area (Å²) < 4.78 is 55.6. The highest BCUT2D eigenvalue weighted by molar-refractivity contribution is 7.91. The minimum Gasteiger partial charge on any atom is -0.378 e. The largest absolute Gasteiger partial charge is 0.378 e. The lowest BCUT2D eigenvalue weighted by molar-refractivity contribution is 0.486. The number of para-hydroxylation sites is 1. The van der Waals surface area contributed by atoms with Crippen LogP contribution in [0.25, 0.3) is 11.1 Å². The molecule has 0 heterocycles. The normalized spacial score (nSPS) is 12.0. The van der Waals surface area contributed by atoms with Crippen LogP contribution in [0.2, 0.25) is 0 Å². The number of sulfone groups is 1. The van der Waals surface area contributed by atoms with Crippen molar-refractivity contribution in [3.8, 4) is 16.9 Å². The molecule has 7 heteroatoms. The molecule has 3 aromatic carbocycles. The van der Waals surface area contributed by atoms with E-state index in [0.717, 1.165) is 11.8 Å². The van der Waals surface area contributed by atoms with Crippen molar-refractivity contribution in [2.24, 2.45) is 0 Å². The third-order valence-electron chi connectivity index (χ3n) is 4.30. The van der Waals surface area contributed by atoms with Crippen LogP contribution >= 0.6 is 0 Å². The molecule has 0 aliphatic heterocycles. The highest BCUT2D eigenvalue weighted by atomic mass is 32.2. The van der Waals surface area contributed by atoms with Gasteiger partial charge in [-0.05, 0) is 48.7 Å². The SMILES string of the molecule is Cc1cc(S(C)(=O)=O)c(C)c(S(=O)(=O)Oc2ccccc2-c2ccccc2)c1. The summed E-state index contributed by atoms with van der Waals surface area (Å²) in [6.45, 7) is 3.11. The lowest BCUT2D eigenvalue weighted by Gasteiger charge is -2.15. The van der Waals surface area contributed by atoms with Gasteiger partial charge in [-0.1, -0.05) is 48.5 Å². The molecular weight excluding hydrogens is 396 g/mol. The van der Waals surface area contributed by atoms with E-state index in [4.69, 9.17) is 4.18 Å². The van der Waals surface area contributed by atoms with Crippen molar-refractivity contribution in [1.29, 1.82) is 0 Å². The molecule has 0 saturated heterocycles. The van der Waals surface area contributed by atoms with E-state index in [9.17, 15) is 16.8 Å². The van der Waals surface area contributed by atoms with Gasteiger partial charge in [0.15, 0.2) is 15.6 Å². The highest BCUT2D eigenvalue weighted by Crippen LogP contribution is 2.33. The molecule has 3 rings (SSSR count). The number of rotatable bonds is 5. The van der Waals surface area contributed by atoms with Gasteiger partial charge < -0.3 is 4.18 Å². The van der Waals surface area contributed by atoms with Crippen LogP contribution in [0.1, 0.15) is 11.1 Å². The monoisotopic (exact) mass is 416 g/mol. The maximum absolute atomic E-state index is 13.0. The Kier molecular flexibility index (Phi) is 5.32. The number of aryl methyl sites for hydroxylation is 1. The lowest BCUT2D eigenvalue weighted by Crippen LogP contribution is -2.14. The second kappa shape index (κ2) is 7.41. The van der Waals surface area contributed by atoms with Crippen LogP contribution in [0.4, 0.5) is 0 Å². The first-order chi connectivity index (χ1) is 13.1. The fourth-order valence-corrected chi connectivity index (χ4v) is 5.41. The van der Waals surface area contributed by atoms with Gasteiger partial charge in [-0.2, -0.15) is 8.42 Å².